The zero-order valence-electron chi connectivity index (χ0n) is 13.5. The molecule has 2 fully saturated rings. The fourth-order valence-corrected chi connectivity index (χ4v) is 5.71. The number of carbonyl (C=O) groups excluding carboxylic acids is 1. The minimum Gasteiger partial charge on any atom is -0.506 e. The number of benzene rings is 1. The van der Waals surface area contributed by atoms with Crippen LogP contribution in [0, 0.1) is 17.3 Å². The van der Waals surface area contributed by atoms with E-state index in [4.69, 9.17) is 0 Å². The first-order valence-electron chi connectivity index (χ1n) is 8.62. The first kappa shape index (κ1) is 14.1. The zero-order chi connectivity index (χ0) is 15.5. The van der Waals surface area contributed by atoms with Gasteiger partial charge < -0.3 is 10.4 Å². The number of carbonyl (C=O) groups is 1. The van der Waals surface area contributed by atoms with Crippen molar-refractivity contribution in [2.24, 2.45) is 17.3 Å². The van der Waals surface area contributed by atoms with Gasteiger partial charge >= 0.3 is 0 Å². The lowest BCUT2D eigenvalue weighted by atomic mass is 9.55. The number of phenols is 1. The Bertz CT molecular complexity index is 639. The molecule has 3 heteroatoms. The number of anilines is 1. The van der Waals surface area contributed by atoms with Gasteiger partial charge in [0.2, 0.25) is 0 Å². The molecular weight excluding hydrogens is 274 g/mol. The topological polar surface area (TPSA) is 49.3 Å². The van der Waals surface area contributed by atoms with E-state index in [1.54, 1.807) is 0 Å². The Balaban J connectivity index is 1.75. The van der Waals surface area contributed by atoms with E-state index in [1.165, 1.54) is 11.1 Å². The number of fused-ring (bicyclic) bond motifs is 5. The Morgan fingerprint density at radius 3 is 2.82 bits per heavy atom. The number of aromatic hydroxyl groups is 1. The van der Waals surface area contributed by atoms with Gasteiger partial charge in [-0.1, -0.05) is 13.0 Å². The monoisotopic (exact) mass is 299 g/mol. The lowest BCUT2D eigenvalue weighted by molar-refractivity contribution is -0.129. The summed E-state index contributed by atoms with van der Waals surface area (Å²) in [6, 6.07) is 3.96. The molecule has 1 aromatic carbocycles. The lowest BCUT2D eigenvalue weighted by Crippen LogP contribution is -2.42. The summed E-state index contributed by atoms with van der Waals surface area (Å²) in [5.41, 5.74) is 3.57. The number of phenolic OH excluding ortho intramolecular Hbond substituents is 1. The largest absolute Gasteiger partial charge is 0.506 e. The van der Waals surface area contributed by atoms with Crippen molar-refractivity contribution in [2.45, 2.75) is 51.4 Å². The van der Waals surface area contributed by atoms with Gasteiger partial charge in [-0.15, -0.1) is 0 Å². The second-order valence-corrected chi connectivity index (χ2v) is 7.61. The van der Waals surface area contributed by atoms with Crippen LogP contribution in [0.15, 0.2) is 12.1 Å². The Kier molecular flexibility index (Phi) is 3.04. The standard InChI is InChI=1S/C19H25NO2/c1-19-10-9-12-11-5-7-16(21)18(20-2)14(11)4-3-13(12)15(19)6-8-17(19)22/h5,7,12-13,15,20-21H,3-4,6,8-10H2,1-2H3/t12-,13-,15+,19+/m1/s1. The second kappa shape index (κ2) is 4.74. The first-order valence-corrected chi connectivity index (χ1v) is 8.62. The average Bonchev–Trinajstić information content (AvgIpc) is 2.82. The van der Waals surface area contributed by atoms with Gasteiger partial charge in [0.25, 0.3) is 0 Å². The molecule has 0 bridgehead atoms. The van der Waals surface area contributed by atoms with E-state index in [-0.39, 0.29) is 5.41 Å². The minimum atomic E-state index is -0.0541. The maximum absolute atomic E-state index is 12.4. The van der Waals surface area contributed by atoms with Crippen LogP contribution in [-0.4, -0.2) is 17.9 Å². The van der Waals surface area contributed by atoms with E-state index < -0.39 is 0 Å². The molecule has 4 rings (SSSR count). The summed E-state index contributed by atoms with van der Waals surface area (Å²) in [6.45, 7) is 2.22. The fraction of sp³-hybridized carbons (Fsp3) is 0.632. The van der Waals surface area contributed by atoms with Crippen LogP contribution in [0.4, 0.5) is 5.69 Å². The van der Waals surface area contributed by atoms with Crippen LogP contribution in [0.25, 0.3) is 0 Å². The van der Waals surface area contributed by atoms with Gasteiger partial charge in [-0.2, -0.15) is 0 Å². The molecule has 2 saturated carbocycles. The third-order valence-electron chi connectivity index (χ3n) is 6.85. The molecule has 3 aliphatic rings. The van der Waals surface area contributed by atoms with Gasteiger partial charge in [0, 0.05) is 18.9 Å². The van der Waals surface area contributed by atoms with Crippen molar-refractivity contribution in [3.05, 3.63) is 23.3 Å². The van der Waals surface area contributed by atoms with Gasteiger partial charge in [0.1, 0.15) is 11.5 Å². The van der Waals surface area contributed by atoms with Gasteiger partial charge in [-0.05, 0) is 67.1 Å². The minimum absolute atomic E-state index is 0.0541. The lowest BCUT2D eigenvalue weighted by Gasteiger charge is -2.48. The third-order valence-corrected chi connectivity index (χ3v) is 6.85. The quantitative estimate of drug-likeness (QED) is 0.774. The summed E-state index contributed by atoms with van der Waals surface area (Å²) in [4.78, 5) is 12.4. The summed E-state index contributed by atoms with van der Waals surface area (Å²) >= 11 is 0. The molecule has 3 nitrogen and oxygen atoms in total. The van der Waals surface area contributed by atoms with Gasteiger partial charge in [-0.25, -0.2) is 0 Å². The molecule has 0 aliphatic heterocycles. The molecule has 2 N–H and O–H groups in total. The molecule has 3 aliphatic carbocycles. The van der Waals surface area contributed by atoms with Crippen molar-refractivity contribution in [3.8, 4) is 5.75 Å². The number of rotatable bonds is 1. The molecule has 0 heterocycles. The van der Waals surface area contributed by atoms with Crippen molar-refractivity contribution in [3.63, 3.8) is 0 Å². The van der Waals surface area contributed by atoms with Crippen LogP contribution in [0.3, 0.4) is 0 Å². The highest BCUT2D eigenvalue weighted by molar-refractivity contribution is 5.87. The third kappa shape index (κ3) is 1.71. The molecule has 0 radical (unpaired) electrons. The van der Waals surface area contributed by atoms with E-state index in [1.807, 2.05) is 13.1 Å². The van der Waals surface area contributed by atoms with Crippen molar-refractivity contribution in [2.75, 3.05) is 12.4 Å². The second-order valence-electron chi connectivity index (χ2n) is 7.61. The smallest absolute Gasteiger partial charge is 0.139 e. The normalized spacial score (nSPS) is 36.5. The molecule has 1 aromatic rings. The molecule has 0 unspecified atom stereocenters. The highest BCUT2D eigenvalue weighted by atomic mass is 16.3. The van der Waals surface area contributed by atoms with Gasteiger partial charge in [0.15, 0.2) is 0 Å². The van der Waals surface area contributed by atoms with Crippen LogP contribution in [0.5, 0.6) is 5.75 Å². The van der Waals surface area contributed by atoms with Crippen molar-refractivity contribution in [1.29, 1.82) is 0 Å². The van der Waals surface area contributed by atoms with Crippen LogP contribution in [-0.2, 0) is 11.2 Å². The van der Waals surface area contributed by atoms with Crippen LogP contribution >= 0.6 is 0 Å². The Hall–Kier alpha value is -1.51. The molecule has 22 heavy (non-hydrogen) atoms. The van der Waals surface area contributed by atoms with Crippen LogP contribution in [0.2, 0.25) is 0 Å². The predicted octanol–water partition coefficient (Wildman–Crippen LogP) is 3.86. The Labute approximate surface area is 132 Å². The summed E-state index contributed by atoms with van der Waals surface area (Å²) in [6.07, 6.45) is 6.19. The molecule has 0 aromatic heterocycles. The first-order chi connectivity index (χ1) is 10.6. The van der Waals surface area contributed by atoms with Crippen molar-refractivity contribution < 1.29 is 9.90 Å². The number of hydrogen-bond donors (Lipinski definition) is 2. The SMILES string of the molecule is CNc1c(O)ccc2c1CC[C@@H]1[C@@H]2CC[C@]2(C)C(=O)CC[C@@H]12. The summed E-state index contributed by atoms with van der Waals surface area (Å²) in [7, 11) is 1.88. The summed E-state index contributed by atoms with van der Waals surface area (Å²) in [5, 5.41) is 13.3. The molecule has 0 spiro atoms. The molecular formula is C19H25NO2. The van der Waals surface area contributed by atoms with Crippen molar-refractivity contribution >= 4 is 11.5 Å². The summed E-state index contributed by atoms with van der Waals surface area (Å²) in [5.74, 6) is 2.64. The Morgan fingerprint density at radius 2 is 2.05 bits per heavy atom. The fourth-order valence-electron chi connectivity index (χ4n) is 5.71. The summed E-state index contributed by atoms with van der Waals surface area (Å²) < 4.78 is 0. The highest BCUT2D eigenvalue weighted by Crippen LogP contribution is 2.60. The highest BCUT2D eigenvalue weighted by Gasteiger charge is 2.54. The number of Topliss-reactive ketones (excluding diaryl/α,β-unsaturated/α-hetero) is 1. The molecule has 0 amide bonds. The zero-order valence-corrected chi connectivity index (χ0v) is 13.5. The van der Waals surface area contributed by atoms with Gasteiger partial charge in [-0.3, -0.25) is 4.79 Å². The molecule has 0 saturated heterocycles. The molecule has 4 atom stereocenters. The number of nitrogens with one attached hydrogen (secondary N) is 1. The van der Waals surface area contributed by atoms with Crippen LogP contribution < -0.4 is 5.32 Å². The maximum Gasteiger partial charge on any atom is 0.139 e. The van der Waals surface area contributed by atoms with E-state index >= 15 is 0 Å². The van der Waals surface area contributed by atoms with E-state index in [2.05, 4.69) is 18.3 Å². The maximum atomic E-state index is 12.4. The van der Waals surface area contributed by atoms with E-state index in [0.29, 0.717) is 29.3 Å². The number of hydrogen-bond acceptors (Lipinski definition) is 3. The van der Waals surface area contributed by atoms with Crippen LogP contribution in [0.1, 0.15) is 56.1 Å². The molecule has 118 valence electrons. The van der Waals surface area contributed by atoms with Crippen molar-refractivity contribution in [1.82, 2.24) is 0 Å². The Morgan fingerprint density at radius 1 is 1.23 bits per heavy atom. The predicted molar refractivity (Wildman–Crippen MR) is 87.3 cm³/mol. The van der Waals surface area contributed by atoms with Gasteiger partial charge in [0.05, 0.1) is 5.69 Å². The number of ketones is 1. The van der Waals surface area contributed by atoms with E-state index in [9.17, 15) is 9.90 Å². The van der Waals surface area contributed by atoms with E-state index in [0.717, 1.165) is 44.2 Å². The average molecular weight is 299 g/mol.